The molecule has 2 aliphatic heterocycles. The number of fused-ring (bicyclic) bond motifs is 1. The highest BCUT2D eigenvalue weighted by Gasteiger charge is 2.42. The van der Waals surface area contributed by atoms with E-state index in [1.165, 1.54) is 15.4 Å². The molecule has 0 radical (unpaired) electrons. The third kappa shape index (κ3) is 4.46. The van der Waals surface area contributed by atoms with Crippen LogP contribution in [0.2, 0.25) is 0 Å². The van der Waals surface area contributed by atoms with Gasteiger partial charge in [-0.25, -0.2) is 13.4 Å². The third-order valence-corrected chi connectivity index (χ3v) is 8.44. The van der Waals surface area contributed by atoms with Crippen LogP contribution in [0.1, 0.15) is 31.4 Å². The maximum absolute atomic E-state index is 13.3. The molecule has 8 nitrogen and oxygen atoms in total. The molecule has 2 aromatic rings. The number of aromatic nitrogens is 2. The molecule has 0 aliphatic carbocycles. The molecule has 1 unspecified atom stereocenters. The maximum atomic E-state index is 13.3. The molecule has 1 N–H and O–H groups in total. The molecule has 2 fully saturated rings. The Morgan fingerprint density at radius 3 is 2.75 bits per heavy atom. The van der Waals surface area contributed by atoms with E-state index in [0.29, 0.717) is 39.6 Å². The molecular weight excluding hydrogens is 468 g/mol. The number of carbonyl (C=O) groups excluding carboxylic acids is 1. The van der Waals surface area contributed by atoms with Crippen molar-refractivity contribution in [2.24, 2.45) is 5.92 Å². The van der Waals surface area contributed by atoms with E-state index in [1.54, 1.807) is 12.3 Å². The molecule has 1 amide bonds. The van der Waals surface area contributed by atoms with Crippen molar-refractivity contribution in [2.45, 2.75) is 33.2 Å². The van der Waals surface area contributed by atoms with E-state index in [9.17, 15) is 18.0 Å². The third-order valence-electron chi connectivity index (χ3n) is 5.36. The van der Waals surface area contributed by atoms with Crippen molar-refractivity contribution < 1.29 is 13.2 Å². The number of sulfone groups is 1. The van der Waals surface area contributed by atoms with Gasteiger partial charge in [0.05, 0.1) is 28.0 Å². The van der Waals surface area contributed by atoms with Crippen LogP contribution < -0.4 is 10.9 Å². The van der Waals surface area contributed by atoms with Gasteiger partial charge in [-0.05, 0) is 37.0 Å². The van der Waals surface area contributed by atoms with Crippen molar-refractivity contribution in [2.75, 3.05) is 23.4 Å². The second-order valence-corrected chi connectivity index (χ2v) is 12.4. The highest BCUT2D eigenvalue weighted by Crippen LogP contribution is 2.36. The normalized spacial score (nSPS) is 21.9. The molecule has 4 rings (SSSR count). The summed E-state index contributed by atoms with van der Waals surface area (Å²) in [6, 6.07) is 3.20. The summed E-state index contributed by atoms with van der Waals surface area (Å²) >= 11 is 6.47. The predicted octanol–water partition coefficient (Wildman–Crippen LogP) is 2.46. The first-order valence-corrected chi connectivity index (χ1v) is 13.3. The zero-order chi connectivity index (χ0) is 23.2. The average Bonchev–Trinajstić information content (AvgIpc) is 3.20. The Labute approximate surface area is 196 Å². The molecule has 2 aliphatic rings. The molecule has 0 aromatic carbocycles. The van der Waals surface area contributed by atoms with Crippen LogP contribution in [-0.4, -0.2) is 57.0 Å². The van der Waals surface area contributed by atoms with Crippen LogP contribution in [0, 0.1) is 12.8 Å². The molecule has 0 saturated carbocycles. The van der Waals surface area contributed by atoms with Crippen LogP contribution in [0.4, 0.5) is 5.82 Å². The lowest BCUT2D eigenvalue weighted by Gasteiger charge is -2.20. The Bertz CT molecular complexity index is 1310. The molecule has 0 bridgehead atoms. The standard InChI is InChI=1S/C21H24N4O4S3/c1-12(2)9-22-18-15(19(26)24-10-13(3)4-5-17(24)23-18)8-16-20(27)25(21(30)31-16)14-6-7-32(28,29)11-14/h4-5,8,10,12,14,22H,6-7,9,11H2,1-3H3/b16-8+. The first kappa shape index (κ1) is 22.9. The van der Waals surface area contributed by atoms with E-state index in [1.807, 2.05) is 26.8 Å². The van der Waals surface area contributed by atoms with Crippen molar-refractivity contribution in [3.05, 3.63) is 44.7 Å². The van der Waals surface area contributed by atoms with Crippen molar-refractivity contribution in [3.8, 4) is 0 Å². The minimum Gasteiger partial charge on any atom is -0.369 e. The minimum absolute atomic E-state index is 0.0480. The summed E-state index contributed by atoms with van der Waals surface area (Å²) < 4.78 is 25.6. The van der Waals surface area contributed by atoms with Gasteiger partial charge >= 0.3 is 0 Å². The Morgan fingerprint density at radius 2 is 2.09 bits per heavy atom. The quantitative estimate of drug-likeness (QED) is 0.502. The molecule has 0 spiro atoms. The molecule has 2 saturated heterocycles. The van der Waals surface area contributed by atoms with Crippen LogP contribution >= 0.6 is 24.0 Å². The van der Waals surface area contributed by atoms with Gasteiger partial charge in [0.1, 0.15) is 15.8 Å². The number of rotatable bonds is 5. The van der Waals surface area contributed by atoms with Crippen molar-refractivity contribution in [3.63, 3.8) is 0 Å². The predicted molar refractivity (Wildman–Crippen MR) is 132 cm³/mol. The van der Waals surface area contributed by atoms with Gasteiger partial charge in [0.2, 0.25) is 0 Å². The number of anilines is 1. The number of nitrogens with one attached hydrogen (secondary N) is 1. The van der Waals surface area contributed by atoms with Gasteiger partial charge in [-0.2, -0.15) is 0 Å². The fraction of sp³-hybridized carbons (Fsp3) is 0.429. The van der Waals surface area contributed by atoms with Crippen LogP contribution in [-0.2, 0) is 14.6 Å². The Kier molecular flexibility index (Phi) is 6.17. The topological polar surface area (TPSA) is 101 Å². The number of hydrogen-bond donors (Lipinski definition) is 1. The monoisotopic (exact) mass is 492 g/mol. The van der Waals surface area contributed by atoms with E-state index in [0.717, 1.165) is 17.3 Å². The summed E-state index contributed by atoms with van der Waals surface area (Å²) in [5.74, 6) is 0.315. The smallest absolute Gasteiger partial charge is 0.267 e. The summed E-state index contributed by atoms with van der Waals surface area (Å²) in [7, 11) is -3.17. The second kappa shape index (κ2) is 8.60. The van der Waals surface area contributed by atoms with E-state index >= 15 is 0 Å². The molecule has 170 valence electrons. The zero-order valence-corrected chi connectivity index (χ0v) is 20.4. The van der Waals surface area contributed by atoms with Gasteiger partial charge in [0.15, 0.2) is 9.84 Å². The first-order chi connectivity index (χ1) is 15.1. The fourth-order valence-electron chi connectivity index (χ4n) is 3.73. The van der Waals surface area contributed by atoms with Crippen LogP contribution in [0.25, 0.3) is 11.7 Å². The van der Waals surface area contributed by atoms with Gasteiger partial charge in [-0.15, -0.1) is 0 Å². The van der Waals surface area contributed by atoms with E-state index in [-0.39, 0.29) is 28.5 Å². The largest absolute Gasteiger partial charge is 0.369 e. The molecule has 1 atom stereocenters. The van der Waals surface area contributed by atoms with Gasteiger partial charge in [0, 0.05) is 12.7 Å². The number of hydrogen-bond acceptors (Lipinski definition) is 8. The number of amides is 1. The van der Waals surface area contributed by atoms with Crippen molar-refractivity contribution in [1.82, 2.24) is 14.3 Å². The summed E-state index contributed by atoms with van der Waals surface area (Å²) in [4.78, 5) is 32.8. The SMILES string of the molecule is Cc1ccc2nc(NCC(C)C)c(/C=C3/SC(=S)N(C4CCS(=O)(=O)C4)C3=O)c(=O)n2c1. The first-order valence-electron chi connectivity index (χ1n) is 10.3. The number of nitrogens with zero attached hydrogens (tertiary/aromatic N) is 3. The Hall–Kier alpha value is -2.24. The van der Waals surface area contributed by atoms with Crippen LogP contribution in [0.5, 0.6) is 0 Å². The van der Waals surface area contributed by atoms with E-state index in [4.69, 9.17) is 12.2 Å². The minimum atomic E-state index is -3.17. The molecule has 4 heterocycles. The number of pyridine rings is 1. The van der Waals surface area contributed by atoms with Gasteiger partial charge < -0.3 is 5.32 Å². The average molecular weight is 493 g/mol. The molecule has 2 aromatic heterocycles. The van der Waals surface area contributed by atoms with Gasteiger partial charge in [0.25, 0.3) is 11.5 Å². The summed E-state index contributed by atoms with van der Waals surface area (Å²) in [6.07, 6.45) is 3.60. The van der Waals surface area contributed by atoms with E-state index in [2.05, 4.69) is 10.3 Å². The molecular formula is C21H24N4O4S3. The van der Waals surface area contributed by atoms with Crippen molar-refractivity contribution in [1.29, 1.82) is 0 Å². The second-order valence-electron chi connectivity index (χ2n) is 8.50. The van der Waals surface area contributed by atoms with Crippen LogP contribution in [0.3, 0.4) is 0 Å². The number of thioether (sulfide) groups is 1. The number of carbonyl (C=O) groups is 1. The van der Waals surface area contributed by atoms with Gasteiger partial charge in [-0.3, -0.25) is 18.9 Å². The zero-order valence-electron chi connectivity index (χ0n) is 18.0. The fourth-order valence-corrected chi connectivity index (χ4v) is 6.81. The Morgan fingerprint density at radius 1 is 1.34 bits per heavy atom. The highest BCUT2D eigenvalue weighted by atomic mass is 32.2. The highest BCUT2D eigenvalue weighted by molar-refractivity contribution is 8.26. The number of aryl methyl sites for hydroxylation is 1. The maximum Gasteiger partial charge on any atom is 0.267 e. The summed E-state index contributed by atoms with van der Waals surface area (Å²) in [6.45, 7) is 6.59. The summed E-state index contributed by atoms with van der Waals surface area (Å²) in [5.41, 5.74) is 1.39. The lowest BCUT2D eigenvalue weighted by atomic mass is 10.2. The molecule has 32 heavy (non-hydrogen) atoms. The molecule has 11 heteroatoms. The lowest BCUT2D eigenvalue weighted by Crippen LogP contribution is -2.39. The summed E-state index contributed by atoms with van der Waals surface area (Å²) in [5, 5.41) is 3.22. The van der Waals surface area contributed by atoms with Gasteiger partial charge in [-0.1, -0.05) is 43.9 Å². The van der Waals surface area contributed by atoms with Crippen molar-refractivity contribution >= 4 is 61.6 Å². The lowest BCUT2D eigenvalue weighted by molar-refractivity contribution is -0.123. The van der Waals surface area contributed by atoms with E-state index < -0.39 is 15.9 Å². The van der Waals surface area contributed by atoms with Crippen LogP contribution in [0.15, 0.2) is 28.0 Å². The number of thiocarbonyl (C=S) groups is 1. The Balaban J connectivity index is 1.77.